The van der Waals surface area contributed by atoms with Gasteiger partial charge in [-0.15, -0.1) is 0 Å². The van der Waals surface area contributed by atoms with Crippen molar-refractivity contribution in [2.45, 2.75) is 38.6 Å². The summed E-state index contributed by atoms with van der Waals surface area (Å²) in [5.74, 6) is 0.467. The van der Waals surface area contributed by atoms with Crippen molar-refractivity contribution in [1.29, 1.82) is 0 Å². The van der Waals surface area contributed by atoms with Crippen molar-refractivity contribution in [1.82, 2.24) is 14.9 Å². The molecule has 0 aliphatic carbocycles. The summed E-state index contributed by atoms with van der Waals surface area (Å²) in [6.07, 6.45) is 5.21. The highest BCUT2D eigenvalue weighted by molar-refractivity contribution is 6.33. The van der Waals surface area contributed by atoms with Gasteiger partial charge in [0, 0.05) is 44.1 Å². The highest BCUT2D eigenvalue weighted by Crippen LogP contribution is 2.30. The van der Waals surface area contributed by atoms with Gasteiger partial charge in [0.2, 0.25) is 5.91 Å². The molecule has 178 valence electrons. The van der Waals surface area contributed by atoms with Gasteiger partial charge in [-0.05, 0) is 63.8 Å². The van der Waals surface area contributed by atoms with E-state index in [-0.39, 0.29) is 17.6 Å². The summed E-state index contributed by atoms with van der Waals surface area (Å²) in [4.78, 5) is 23.7. The number of aromatic nitrogens is 2. The predicted molar refractivity (Wildman–Crippen MR) is 128 cm³/mol. The summed E-state index contributed by atoms with van der Waals surface area (Å²) in [5.41, 5.74) is 1.10. The van der Waals surface area contributed by atoms with Crippen molar-refractivity contribution < 1.29 is 13.9 Å². The molecule has 0 radical (unpaired) electrons. The molecule has 4 heterocycles. The third kappa shape index (κ3) is 5.99. The molecule has 0 spiro atoms. The smallest absolute Gasteiger partial charge is 0.229 e. The first-order valence-corrected chi connectivity index (χ1v) is 11.9. The van der Waals surface area contributed by atoms with Crippen LogP contribution in [0.2, 0.25) is 5.02 Å². The fraction of sp³-hybridized carbons (Fsp3) is 0.542. The quantitative estimate of drug-likeness (QED) is 0.642. The summed E-state index contributed by atoms with van der Waals surface area (Å²) in [5, 5.41) is 6.43. The number of rotatable bonds is 6. The van der Waals surface area contributed by atoms with Crippen LogP contribution in [0.25, 0.3) is 11.3 Å². The van der Waals surface area contributed by atoms with E-state index < -0.39 is 5.82 Å². The molecule has 2 N–H and O–H groups in total. The Kier molecular flexibility index (Phi) is 7.78. The molecule has 33 heavy (non-hydrogen) atoms. The highest BCUT2D eigenvalue weighted by Gasteiger charge is 2.28. The number of ether oxygens (including phenoxy) is 1. The van der Waals surface area contributed by atoms with Gasteiger partial charge in [0.15, 0.2) is 11.6 Å². The largest absolute Gasteiger partial charge is 0.381 e. The van der Waals surface area contributed by atoms with Crippen LogP contribution in [0.3, 0.4) is 0 Å². The molecule has 2 fully saturated rings. The first-order chi connectivity index (χ1) is 15.9. The van der Waals surface area contributed by atoms with E-state index >= 15 is 0 Å². The standard InChI is InChI=1S/C24H31ClFN5O2/c1-15-3-4-17(14-31(15)2)24(32)30-22-11-18(19(25)13-27-22)21-6-5-20(26)23(29-21)28-12-16-7-9-33-10-8-16/h5-6,11,13,15-17H,3-4,7-10,12,14H2,1-2H3,(H,28,29)(H,27,30,32)/t15-,17-/m0/s1. The van der Waals surface area contributed by atoms with E-state index in [1.165, 1.54) is 12.3 Å². The van der Waals surface area contributed by atoms with Crippen LogP contribution in [0.5, 0.6) is 0 Å². The molecule has 2 aliphatic rings. The van der Waals surface area contributed by atoms with Crippen LogP contribution in [-0.4, -0.2) is 60.2 Å². The molecular formula is C24H31ClFN5O2. The fourth-order valence-corrected chi connectivity index (χ4v) is 4.54. The van der Waals surface area contributed by atoms with Crippen LogP contribution < -0.4 is 10.6 Å². The molecule has 2 aliphatic heterocycles. The van der Waals surface area contributed by atoms with Crippen molar-refractivity contribution in [3.8, 4) is 11.3 Å². The fourth-order valence-electron chi connectivity index (χ4n) is 4.33. The second-order valence-corrected chi connectivity index (χ2v) is 9.47. The molecule has 2 saturated heterocycles. The van der Waals surface area contributed by atoms with E-state index in [9.17, 15) is 9.18 Å². The van der Waals surface area contributed by atoms with Gasteiger partial charge in [0.1, 0.15) is 5.82 Å². The number of likely N-dealkylation sites (tertiary alicyclic amines) is 1. The molecule has 7 nitrogen and oxygen atoms in total. The molecule has 1 amide bonds. The van der Waals surface area contributed by atoms with E-state index in [1.54, 1.807) is 12.1 Å². The molecule has 0 unspecified atom stereocenters. The maximum absolute atomic E-state index is 14.4. The molecule has 9 heteroatoms. The number of carbonyl (C=O) groups is 1. The number of halogens is 2. The Morgan fingerprint density at radius 2 is 2.06 bits per heavy atom. The topological polar surface area (TPSA) is 79.4 Å². The summed E-state index contributed by atoms with van der Waals surface area (Å²) < 4.78 is 19.8. The lowest BCUT2D eigenvalue weighted by Gasteiger charge is -2.34. The molecule has 2 atom stereocenters. The second-order valence-electron chi connectivity index (χ2n) is 9.07. The lowest BCUT2D eigenvalue weighted by molar-refractivity contribution is -0.121. The number of carbonyl (C=O) groups excluding carboxylic acids is 1. The Bertz CT molecular complexity index is 985. The van der Waals surface area contributed by atoms with Crippen molar-refractivity contribution in [2.24, 2.45) is 11.8 Å². The third-order valence-corrected chi connectivity index (χ3v) is 6.99. The van der Waals surface area contributed by atoms with Crippen LogP contribution in [0.4, 0.5) is 16.0 Å². The van der Waals surface area contributed by atoms with Crippen molar-refractivity contribution in [3.63, 3.8) is 0 Å². The Morgan fingerprint density at radius 3 is 2.82 bits per heavy atom. The van der Waals surface area contributed by atoms with Gasteiger partial charge in [0.05, 0.1) is 16.6 Å². The monoisotopic (exact) mass is 475 g/mol. The zero-order chi connectivity index (χ0) is 23.4. The normalized spacial score (nSPS) is 22.2. The Labute approximate surface area is 199 Å². The number of amides is 1. The predicted octanol–water partition coefficient (Wildman–Crippen LogP) is 4.44. The number of pyridine rings is 2. The lowest BCUT2D eigenvalue weighted by Crippen LogP contribution is -2.43. The zero-order valence-electron chi connectivity index (χ0n) is 19.1. The van der Waals surface area contributed by atoms with Gasteiger partial charge < -0.3 is 20.3 Å². The maximum atomic E-state index is 14.4. The van der Waals surface area contributed by atoms with E-state index in [1.807, 2.05) is 7.05 Å². The van der Waals surface area contributed by atoms with Crippen molar-refractivity contribution >= 4 is 29.1 Å². The second kappa shape index (κ2) is 10.8. The van der Waals surface area contributed by atoms with Gasteiger partial charge >= 0.3 is 0 Å². The molecular weight excluding hydrogens is 445 g/mol. The highest BCUT2D eigenvalue weighted by atomic mass is 35.5. The summed E-state index contributed by atoms with van der Waals surface area (Å²) in [6, 6.07) is 5.13. The Hall–Kier alpha value is -2.29. The lowest BCUT2D eigenvalue weighted by atomic mass is 9.93. The molecule has 0 bridgehead atoms. The van der Waals surface area contributed by atoms with Gasteiger partial charge in [-0.2, -0.15) is 0 Å². The summed E-state index contributed by atoms with van der Waals surface area (Å²) in [6.45, 7) is 4.99. The zero-order valence-corrected chi connectivity index (χ0v) is 19.9. The number of hydrogen-bond acceptors (Lipinski definition) is 6. The van der Waals surface area contributed by atoms with Crippen LogP contribution >= 0.6 is 11.6 Å². The number of anilines is 2. The Morgan fingerprint density at radius 1 is 1.27 bits per heavy atom. The van der Waals surface area contributed by atoms with E-state index in [4.69, 9.17) is 16.3 Å². The van der Waals surface area contributed by atoms with Crippen molar-refractivity contribution in [3.05, 3.63) is 35.2 Å². The van der Waals surface area contributed by atoms with Gasteiger partial charge in [-0.1, -0.05) is 11.6 Å². The van der Waals surface area contributed by atoms with E-state index in [2.05, 4.69) is 32.4 Å². The third-order valence-electron chi connectivity index (χ3n) is 6.69. The average molecular weight is 476 g/mol. The number of nitrogens with zero attached hydrogens (tertiary/aromatic N) is 3. The first kappa shape index (κ1) is 23.9. The van der Waals surface area contributed by atoms with E-state index in [0.29, 0.717) is 40.6 Å². The number of nitrogens with one attached hydrogen (secondary N) is 2. The molecule has 2 aromatic rings. The van der Waals surface area contributed by atoms with E-state index in [0.717, 1.165) is 45.4 Å². The molecule has 0 saturated carbocycles. The first-order valence-electron chi connectivity index (χ1n) is 11.6. The average Bonchev–Trinajstić information content (AvgIpc) is 2.82. The SMILES string of the molecule is C[C@H]1CC[C@H](C(=O)Nc2cc(-c3ccc(F)c(NCC4CCOCC4)n3)c(Cl)cn2)CN1C. The van der Waals surface area contributed by atoms with Crippen LogP contribution in [0, 0.1) is 17.7 Å². The minimum atomic E-state index is -0.417. The van der Waals surface area contributed by atoms with Gasteiger partial charge in [0.25, 0.3) is 0 Å². The maximum Gasteiger partial charge on any atom is 0.229 e. The van der Waals surface area contributed by atoms with Crippen LogP contribution in [0.15, 0.2) is 24.4 Å². The summed E-state index contributed by atoms with van der Waals surface area (Å²) in [7, 11) is 2.04. The number of piperidine rings is 1. The summed E-state index contributed by atoms with van der Waals surface area (Å²) >= 11 is 6.39. The number of hydrogen-bond donors (Lipinski definition) is 2. The van der Waals surface area contributed by atoms with Crippen LogP contribution in [-0.2, 0) is 9.53 Å². The van der Waals surface area contributed by atoms with Crippen molar-refractivity contribution in [2.75, 3.05) is 44.0 Å². The van der Waals surface area contributed by atoms with Gasteiger partial charge in [-0.25, -0.2) is 14.4 Å². The van der Waals surface area contributed by atoms with Gasteiger partial charge in [-0.3, -0.25) is 4.79 Å². The molecule has 2 aromatic heterocycles. The minimum Gasteiger partial charge on any atom is -0.381 e. The van der Waals surface area contributed by atoms with Crippen LogP contribution in [0.1, 0.15) is 32.6 Å². The minimum absolute atomic E-state index is 0.0552. The molecule has 4 rings (SSSR count). The Balaban J connectivity index is 1.47. The molecule has 0 aromatic carbocycles.